The minimum Gasteiger partial charge on any atom is -0.383 e. The van der Waals surface area contributed by atoms with Crippen molar-refractivity contribution >= 4 is 34.7 Å². The maximum absolute atomic E-state index is 9.20. The molecule has 1 aromatic carbocycles. The van der Waals surface area contributed by atoms with Crippen LogP contribution in [-0.2, 0) is 13.1 Å². The average molecular weight is 305 g/mol. The smallest absolute Gasteiger partial charge is 0.141 e. The SMILES string of the molecule is N#Cc1c(N)ncc2c1CN(c1cc(Cl)ccc1Cl)C2. The van der Waals surface area contributed by atoms with Gasteiger partial charge in [0.1, 0.15) is 11.9 Å². The fourth-order valence-electron chi connectivity index (χ4n) is 2.40. The van der Waals surface area contributed by atoms with Crippen molar-refractivity contribution in [3.05, 3.63) is 51.1 Å². The van der Waals surface area contributed by atoms with Crippen LogP contribution in [0, 0.1) is 11.3 Å². The summed E-state index contributed by atoms with van der Waals surface area (Å²) in [5.41, 5.74) is 8.94. The summed E-state index contributed by atoms with van der Waals surface area (Å²) in [5.74, 6) is 0.269. The minimum atomic E-state index is 0.269. The van der Waals surface area contributed by atoms with Crippen molar-refractivity contribution in [2.45, 2.75) is 13.1 Å². The van der Waals surface area contributed by atoms with Gasteiger partial charge in [0.2, 0.25) is 0 Å². The molecule has 0 fully saturated rings. The monoisotopic (exact) mass is 304 g/mol. The van der Waals surface area contributed by atoms with Gasteiger partial charge in [-0.15, -0.1) is 0 Å². The van der Waals surface area contributed by atoms with Gasteiger partial charge in [0.15, 0.2) is 0 Å². The first-order valence-electron chi connectivity index (χ1n) is 5.96. The number of fused-ring (bicyclic) bond motifs is 1. The lowest BCUT2D eigenvalue weighted by atomic mass is 10.1. The molecule has 0 unspecified atom stereocenters. The van der Waals surface area contributed by atoms with Gasteiger partial charge >= 0.3 is 0 Å². The first-order chi connectivity index (χ1) is 9.60. The molecule has 20 heavy (non-hydrogen) atoms. The minimum absolute atomic E-state index is 0.269. The van der Waals surface area contributed by atoms with E-state index in [-0.39, 0.29) is 5.82 Å². The fraction of sp³-hybridized carbons (Fsp3) is 0.143. The Morgan fingerprint density at radius 2 is 2.10 bits per heavy atom. The number of aromatic nitrogens is 1. The molecule has 0 atom stereocenters. The molecule has 0 aliphatic carbocycles. The highest BCUT2D eigenvalue weighted by Crippen LogP contribution is 2.36. The van der Waals surface area contributed by atoms with Crippen molar-refractivity contribution in [1.82, 2.24) is 4.98 Å². The Morgan fingerprint density at radius 1 is 1.30 bits per heavy atom. The number of anilines is 2. The van der Waals surface area contributed by atoms with Gasteiger partial charge in [-0.05, 0) is 29.3 Å². The molecule has 2 heterocycles. The zero-order valence-electron chi connectivity index (χ0n) is 10.4. The number of pyridine rings is 1. The van der Waals surface area contributed by atoms with E-state index in [4.69, 9.17) is 28.9 Å². The summed E-state index contributed by atoms with van der Waals surface area (Å²) in [4.78, 5) is 6.12. The van der Waals surface area contributed by atoms with Crippen LogP contribution in [0.15, 0.2) is 24.4 Å². The highest BCUT2D eigenvalue weighted by Gasteiger charge is 2.25. The fourth-order valence-corrected chi connectivity index (χ4v) is 2.80. The molecule has 1 aliphatic heterocycles. The molecule has 0 spiro atoms. The Balaban J connectivity index is 2.03. The van der Waals surface area contributed by atoms with Crippen LogP contribution in [0.4, 0.5) is 11.5 Å². The number of hydrogen-bond donors (Lipinski definition) is 1. The molecule has 0 bridgehead atoms. The van der Waals surface area contributed by atoms with Gasteiger partial charge in [-0.25, -0.2) is 4.98 Å². The topological polar surface area (TPSA) is 65.9 Å². The van der Waals surface area contributed by atoms with Gasteiger partial charge in [0, 0.05) is 24.3 Å². The van der Waals surface area contributed by atoms with Crippen molar-refractivity contribution in [1.29, 1.82) is 5.26 Å². The van der Waals surface area contributed by atoms with Crippen molar-refractivity contribution in [3.8, 4) is 6.07 Å². The second kappa shape index (κ2) is 4.86. The van der Waals surface area contributed by atoms with E-state index in [1.807, 2.05) is 6.07 Å². The second-order valence-corrected chi connectivity index (χ2v) is 5.43. The van der Waals surface area contributed by atoms with E-state index in [9.17, 15) is 5.26 Å². The number of nitrogen functional groups attached to an aromatic ring is 1. The number of nitrogens with two attached hydrogens (primary N) is 1. The van der Waals surface area contributed by atoms with E-state index in [1.54, 1.807) is 18.3 Å². The molecule has 4 nitrogen and oxygen atoms in total. The summed E-state index contributed by atoms with van der Waals surface area (Å²) in [6, 6.07) is 7.45. The summed E-state index contributed by atoms with van der Waals surface area (Å²) >= 11 is 12.2. The lowest BCUT2D eigenvalue weighted by Crippen LogP contribution is -2.15. The van der Waals surface area contributed by atoms with Crippen LogP contribution in [0.25, 0.3) is 0 Å². The molecule has 3 rings (SSSR count). The third kappa shape index (κ3) is 2.05. The maximum atomic E-state index is 9.20. The Labute approximate surface area is 126 Å². The Morgan fingerprint density at radius 3 is 2.85 bits per heavy atom. The Bertz CT molecular complexity index is 737. The van der Waals surface area contributed by atoms with Crippen LogP contribution in [0.5, 0.6) is 0 Å². The third-order valence-corrected chi connectivity index (χ3v) is 3.93. The molecule has 0 amide bonds. The summed E-state index contributed by atoms with van der Waals surface area (Å²) < 4.78 is 0. The first kappa shape index (κ1) is 13.0. The number of nitriles is 1. The van der Waals surface area contributed by atoms with Crippen molar-refractivity contribution < 1.29 is 0 Å². The van der Waals surface area contributed by atoms with E-state index in [2.05, 4.69) is 16.0 Å². The van der Waals surface area contributed by atoms with Gasteiger partial charge < -0.3 is 10.6 Å². The van der Waals surface area contributed by atoms with Crippen LogP contribution in [0.2, 0.25) is 10.0 Å². The number of halogens is 2. The van der Waals surface area contributed by atoms with Gasteiger partial charge in [-0.3, -0.25) is 0 Å². The zero-order valence-corrected chi connectivity index (χ0v) is 11.9. The van der Waals surface area contributed by atoms with Crippen molar-refractivity contribution in [2.24, 2.45) is 0 Å². The summed E-state index contributed by atoms with van der Waals surface area (Å²) in [6.07, 6.45) is 1.71. The van der Waals surface area contributed by atoms with Crippen LogP contribution >= 0.6 is 23.2 Å². The highest BCUT2D eigenvalue weighted by molar-refractivity contribution is 6.35. The average Bonchev–Trinajstić information content (AvgIpc) is 2.85. The van der Waals surface area contributed by atoms with E-state index in [1.165, 1.54) is 0 Å². The van der Waals surface area contributed by atoms with Gasteiger partial charge in [0.05, 0.1) is 16.3 Å². The van der Waals surface area contributed by atoms with Crippen molar-refractivity contribution in [2.75, 3.05) is 10.6 Å². The van der Waals surface area contributed by atoms with E-state index >= 15 is 0 Å². The van der Waals surface area contributed by atoms with Crippen LogP contribution < -0.4 is 10.6 Å². The molecule has 0 saturated carbocycles. The number of hydrogen-bond acceptors (Lipinski definition) is 4. The first-order valence-corrected chi connectivity index (χ1v) is 6.72. The third-order valence-electron chi connectivity index (χ3n) is 3.38. The number of rotatable bonds is 1. The highest BCUT2D eigenvalue weighted by atomic mass is 35.5. The predicted molar refractivity (Wildman–Crippen MR) is 79.7 cm³/mol. The molecular weight excluding hydrogens is 295 g/mol. The van der Waals surface area contributed by atoms with Gasteiger partial charge in [-0.1, -0.05) is 23.2 Å². The maximum Gasteiger partial charge on any atom is 0.141 e. The molecule has 1 aliphatic rings. The van der Waals surface area contributed by atoms with Crippen LogP contribution in [0.1, 0.15) is 16.7 Å². The van der Waals surface area contributed by atoms with E-state index in [0.717, 1.165) is 16.8 Å². The van der Waals surface area contributed by atoms with Crippen molar-refractivity contribution in [3.63, 3.8) is 0 Å². The standard InChI is InChI=1S/C14H10Cl2N4/c15-9-1-2-12(16)13(3-9)20-6-8-5-19-14(18)10(4-17)11(8)7-20/h1-3,5H,6-7H2,(H2,18,19). The molecule has 0 saturated heterocycles. The summed E-state index contributed by atoms with van der Waals surface area (Å²) in [7, 11) is 0. The molecule has 2 N–H and O–H groups in total. The van der Waals surface area contributed by atoms with Crippen LogP contribution in [-0.4, -0.2) is 4.98 Å². The predicted octanol–water partition coefficient (Wildman–Crippen LogP) is 3.36. The quantitative estimate of drug-likeness (QED) is 0.877. The Kier molecular flexibility index (Phi) is 3.17. The number of benzene rings is 1. The molecule has 0 radical (unpaired) electrons. The number of nitrogens with zero attached hydrogens (tertiary/aromatic N) is 3. The normalized spacial score (nSPS) is 13.2. The van der Waals surface area contributed by atoms with Gasteiger partial charge in [0.25, 0.3) is 0 Å². The lowest BCUT2D eigenvalue weighted by Gasteiger charge is -2.19. The zero-order chi connectivity index (χ0) is 14.3. The van der Waals surface area contributed by atoms with E-state index < -0.39 is 0 Å². The molecule has 6 heteroatoms. The molecule has 100 valence electrons. The molecule has 1 aromatic heterocycles. The Hall–Kier alpha value is -1.96. The lowest BCUT2D eigenvalue weighted by molar-refractivity contribution is 0.879. The van der Waals surface area contributed by atoms with E-state index in [0.29, 0.717) is 28.7 Å². The second-order valence-electron chi connectivity index (χ2n) is 4.59. The molecular formula is C14H10Cl2N4. The largest absolute Gasteiger partial charge is 0.383 e. The summed E-state index contributed by atoms with van der Waals surface area (Å²) in [6.45, 7) is 1.21. The van der Waals surface area contributed by atoms with Gasteiger partial charge in [-0.2, -0.15) is 5.26 Å². The van der Waals surface area contributed by atoms with Crippen LogP contribution in [0.3, 0.4) is 0 Å². The summed E-state index contributed by atoms with van der Waals surface area (Å²) in [5, 5.41) is 10.5. The molecule has 2 aromatic rings.